The van der Waals surface area contributed by atoms with E-state index in [4.69, 9.17) is 0 Å². The normalized spacial score (nSPS) is 14.8. The molecule has 3 amide bonds. The zero-order chi connectivity index (χ0) is 18.5. The lowest BCUT2D eigenvalue weighted by Gasteiger charge is -2.32. The minimum absolute atomic E-state index is 0.0116. The summed E-state index contributed by atoms with van der Waals surface area (Å²) in [5.41, 5.74) is 1.62. The zero-order valence-corrected chi connectivity index (χ0v) is 14.7. The summed E-state index contributed by atoms with van der Waals surface area (Å²) in [6.45, 7) is 2.73. The van der Waals surface area contributed by atoms with E-state index in [1.165, 1.54) is 6.07 Å². The summed E-state index contributed by atoms with van der Waals surface area (Å²) in [7, 11) is 0. The Labute approximate surface area is 152 Å². The first kappa shape index (κ1) is 17.9. The van der Waals surface area contributed by atoms with E-state index in [2.05, 4.69) is 10.6 Å². The van der Waals surface area contributed by atoms with Gasteiger partial charge in [-0.25, -0.2) is 9.18 Å². The molecule has 0 bridgehead atoms. The van der Waals surface area contributed by atoms with Gasteiger partial charge in [0.25, 0.3) is 5.91 Å². The van der Waals surface area contributed by atoms with Gasteiger partial charge in [-0.05, 0) is 49.6 Å². The number of likely N-dealkylation sites (tertiary alicyclic amines) is 1. The molecule has 2 aromatic rings. The Balaban J connectivity index is 1.50. The number of anilines is 1. The van der Waals surface area contributed by atoms with E-state index in [1.54, 1.807) is 24.0 Å². The Hall–Kier alpha value is -2.89. The SMILES string of the molecule is Cc1ccc(C(=O)N2CCC(NC(=O)Nc3ccccc3)CC2)cc1F. The number of benzene rings is 2. The van der Waals surface area contributed by atoms with Gasteiger partial charge in [0, 0.05) is 30.4 Å². The van der Waals surface area contributed by atoms with Crippen LogP contribution in [0.2, 0.25) is 0 Å². The molecule has 26 heavy (non-hydrogen) atoms. The lowest BCUT2D eigenvalue weighted by Crippen LogP contribution is -2.47. The first-order chi connectivity index (χ1) is 12.5. The predicted octanol–water partition coefficient (Wildman–Crippen LogP) is 3.56. The van der Waals surface area contributed by atoms with E-state index in [0.29, 0.717) is 37.1 Å². The number of hydrogen-bond donors (Lipinski definition) is 2. The Morgan fingerprint density at radius 3 is 2.42 bits per heavy atom. The third-order valence-corrected chi connectivity index (χ3v) is 4.57. The van der Waals surface area contributed by atoms with Crippen LogP contribution in [0, 0.1) is 12.7 Å². The molecule has 3 rings (SSSR count). The van der Waals surface area contributed by atoms with Crippen molar-refractivity contribution in [3.05, 3.63) is 65.5 Å². The van der Waals surface area contributed by atoms with Gasteiger partial charge in [0.1, 0.15) is 5.82 Å². The summed E-state index contributed by atoms with van der Waals surface area (Å²) < 4.78 is 13.7. The first-order valence-corrected chi connectivity index (χ1v) is 8.71. The number of nitrogens with one attached hydrogen (secondary N) is 2. The quantitative estimate of drug-likeness (QED) is 0.884. The largest absolute Gasteiger partial charge is 0.338 e. The molecule has 1 aliphatic heterocycles. The third kappa shape index (κ3) is 4.39. The molecular weight excluding hydrogens is 333 g/mol. The van der Waals surface area contributed by atoms with Crippen LogP contribution in [0.4, 0.5) is 14.9 Å². The second kappa shape index (κ2) is 7.99. The first-order valence-electron chi connectivity index (χ1n) is 8.71. The summed E-state index contributed by atoms with van der Waals surface area (Å²) >= 11 is 0. The minimum atomic E-state index is -0.370. The Morgan fingerprint density at radius 1 is 1.08 bits per heavy atom. The van der Waals surface area contributed by atoms with Crippen molar-refractivity contribution in [2.24, 2.45) is 0 Å². The Morgan fingerprint density at radius 2 is 1.77 bits per heavy atom. The van der Waals surface area contributed by atoms with Crippen molar-refractivity contribution in [3.8, 4) is 0 Å². The van der Waals surface area contributed by atoms with Crippen LogP contribution in [-0.4, -0.2) is 36.0 Å². The van der Waals surface area contributed by atoms with E-state index in [1.807, 2.05) is 30.3 Å². The number of hydrogen-bond acceptors (Lipinski definition) is 2. The van der Waals surface area contributed by atoms with Crippen molar-refractivity contribution < 1.29 is 14.0 Å². The van der Waals surface area contributed by atoms with Crippen LogP contribution in [0.25, 0.3) is 0 Å². The van der Waals surface area contributed by atoms with Crippen LogP contribution in [-0.2, 0) is 0 Å². The molecule has 1 aliphatic rings. The monoisotopic (exact) mass is 355 g/mol. The van der Waals surface area contributed by atoms with Gasteiger partial charge in [0.15, 0.2) is 0 Å². The number of piperidine rings is 1. The molecule has 2 N–H and O–H groups in total. The predicted molar refractivity (Wildman–Crippen MR) is 98.7 cm³/mol. The standard InChI is InChI=1S/C20H22FN3O2/c1-14-7-8-15(13-18(14)21)19(25)24-11-9-17(10-12-24)23-20(26)22-16-5-3-2-4-6-16/h2-8,13,17H,9-12H2,1H3,(H2,22,23,26). The molecule has 0 aromatic heterocycles. The number of nitrogens with zero attached hydrogens (tertiary/aromatic N) is 1. The summed E-state index contributed by atoms with van der Waals surface area (Å²) in [4.78, 5) is 26.2. The summed E-state index contributed by atoms with van der Waals surface area (Å²) in [5, 5.41) is 5.72. The minimum Gasteiger partial charge on any atom is -0.338 e. The second-order valence-electron chi connectivity index (χ2n) is 6.49. The van der Waals surface area contributed by atoms with Gasteiger partial charge in [-0.1, -0.05) is 24.3 Å². The van der Waals surface area contributed by atoms with Crippen molar-refractivity contribution >= 4 is 17.6 Å². The van der Waals surface area contributed by atoms with Crippen molar-refractivity contribution in [1.29, 1.82) is 0 Å². The molecule has 0 atom stereocenters. The van der Waals surface area contributed by atoms with E-state index in [0.717, 1.165) is 5.69 Å². The molecule has 0 spiro atoms. The highest BCUT2D eigenvalue weighted by Gasteiger charge is 2.25. The molecule has 1 saturated heterocycles. The Kier molecular flexibility index (Phi) is 5.51. The number of carbonyl (C=O) groups excluding carboxylic acids is 2. The fourth-order valence-corrected chi connectivity index (χ4v) is 3.01. The lowest BCUT2D eigenvalue weighted by atomic mass is 10.0. The second-order valence-corrected chi connectivity index (χ2v) is 6.49. The molecule has 1 heterocycles. The molecule has 0 aliphatic carbocycles. The van der Waals surface area contributed by atoms with Crippen molar-refractivity contribution in [2.75, 3.05) is 18.4 Å². The average molecular weight is 355 g/mol. The summed E-state index contributed by atoms with van der Waals surface area (Å²) in [6.07, 6.45) is 1.34. The molecule has 2 aromatic carbocycles. The highest BCUT2D eigenvalue weighted by atomic mass is 19.1. The molecular formula is C20H22FN3O2. The summed E-state index contributed by atoms with van der Waals surface area (Å²) in [6, 6.07) is 13.6. The number of para-hydroxylation sites is 1. The molecule has 136 valence electrons. The lowest BCUT2D eigenvalue weighted by molar-refractivity contribution is 0.0708. The molecule has 0 unspecified atom stereocenters. The molecule has 0 radical (unpaired) electrons. The maximum absolute atomic E-state index is 13.7. The topological polar surface area (TPSA) is 61.4 Å². The Bertz CT molecular complexity index is 787. The third-order valence-electron chi connectivity index (χ3n) is 4.57. The molecule has 0 saturated carbocycles. The number of rotatable bonds is 3. The van der Waals surface area contributed by atoms with Crippen molar-refractivity contribution in [1.82, 2.24) is 10.2 Å². The van der Waals surface area contributed by atoms with E-state index >= 15 is 0 Å². The van der Waals surface area contributed by atoms with Gasteiger partial charge in [0.2, 0.25) is 0 Å². The average Bonchev–Trinajstić information content (AvgIpc) is 2.65. The number of amides is 3. The van der Waals surface area contributed by atoms with E-state index < -0.39 is 0 Å². The van der Waals surface area contributed by atoms with Crippen LogP contribution in [0.5, 0.6) is 0 Å². The van der Waals surface area contributed by atoms with Gasteiger partial charge >= 0.3 is 6.03 Å². The number of halogens is 1. The highest BCUT2D eigenvalue weighted by molar-refractivity contribution is 5.94. The molecule has 1 fully saturated rings. The molecule has 6 heteroatoms. The maximum Gasteiger partial charge on any atom is 0.319 e. The number of urea groups is 1. The zero-order valence-electron chi connectivity index (χ0n) is 14.7. The van der Waals surface area contributed by atoms with Crippen LogP contribution < -0.4 is 10.6 Å². The van der Waals surface area contributed by atoms with Gasteiger partial charge in [-0.15, -0.1) is 0 Å². The van der Waals surface area contributed by atoms with Crippen LogP contribution in [0.3, 0.4) is 0 Å². The summed E-state index contributed by atoms with van der Waals surface area (Å²) in [5.74, 6) is -0.541. The van der Waals surface area contributed by atoms with Gasteiger partial charge in [0.05, 0.1) is 0 Å². The van der Waals surface area contributed by atoms with Crippen LogP contribution in [0.1, 0.15) is 28.8 Å². The number of carbonyl (C=O) groups is 2. The van der Waals surface area contributed by atoms with Crippen LogP contribution >= 0.6 is 0 Å². The van der Waals surface area contributed by atoms with Gasteiger partial charge < -0.3 is 15.5 Å². The number of aryl methyl sites for hydroxylation is 1. The van der Waals surface area contributed by atoms with Crippen LogP contribution in [0.15, 0.2) is 48.5 Å². The van der Waals surface area contributed by atoms with Crippen molar-refractivity contribution in [2.45, 2.75) is 25.8 Å². The van der Waals surface area contributed by atoms with Crippen molar-refractivity contribution in [3.63, 3.8) is 0 Å². The van der Waals surface area contributed by atoms with E-state index in [9.17, 15) is 14.0 Å². The molecule has 5 nitrogen and oxygen atoms in total. The fourth-order valence-electron chi connectivity index (χ4n) is 3.01. The van der Waals surface area contributed by atoms with Gasteiger partial charge in [-0.3, -0.25) is 4.79 Å². The highest BCUT2D eigenvalue weighted by Crippen LogP contribution is 2.16. The van der Waals surface area contributed by atoms with Gasteiger partial charge in [-0.2, -0.15) is 0 Å². The van der Waals surface area contributed by atoms with E-state index in [-0.39, 0.29) is 23.8 Å². The fraction of sp³-hybridized carbons (Fsp3) is 0.300. The smallest absolute Gasteiger partial charge is 0.319 e. The maximum atomic E-state index is 13.7.